The first-order valence-electron chi connectivity index (χ1n) is 6.57. The molecule has 1 aliphatic rings. The number of aromatic nitrogens is 1. The monoisotopic (exact) mass is 269 g/mol. The molecule has 1 aliphatic heterocycles. The van der Waals surface area contributed by atoms with Crippen molar-refractivity contribution in [3.8, 4) is 0 Å². The van der Waals surface area contributed by atoms with E-state index < -0.39 is 0 Å². The highest BCUT2D eigenvalue weighted by Crippen LogP contribution is 2.14. The molecule has 1 aromatic rings. The zero-order valence-corrected chi connectivity index (χ0v) is 11.5. The second-order valence-electron chi connectivity index (χ2n) is 4.75. The van der Waals surface area contributed by atoms with E-state index in [-0.39, 0.29) is 5.91 Å². The second-order valence-corrected chi connectivity index (χ2v) is 5.18. The Labute approximate surface area is 113 Å². The molecule has 0 radical (unpaired) electrons. The third-order valence-electron chi connectivity index (χ3n) is 3.52. The molecule has 0 aliphatic carbocycles. The molecule has 1 amide bonds. The van der Waals surface area contributed by atoms with Gasteiger partial charge < -0.3 is 10.3 Å². The number of likely N-dealkylation sites (tertiary alicyclic amines) is 1. The first-order valence-corrected chi connectivity index (χ1v) is 6.94. The molecule has 0 aromatic carbocycles. The predicted octanol–water partition coefficient (Wildman–Crippen LogP) is 2.27. The third kappa shape index (κ3) is 3.27. The van der Waals surface area contributed by atoms with Crippen LogP contribution < -0.4 is 5.32 Å². The Bertz CT molecular complexity index is 399. The molecule has 100 valence electrons. The smallest absolute Gasteiger partial charge is 0.267 e. The maximum atomic E-state index is 11.9. The van der Waals surface area contributed by atoms with Crippen molar-refractivity contribution < 1.29 is 4.79 Å². The van der Waals surface area contributed by atoms with E-state index in [0.29, 0.717) is 23.3 Å². The first kappa shape index (κ1) is 13.4. The number of aromatic amines is 1. The lowest BCUT2D eigenvalue weighted by Gasteiger charge is -2.26. The molecule has 5 heteroatoms. The molecule has 0 spiro atoms. The second kappa shape index (κ2) is 6.25. The Kier molecular flexibility index (Phi) is 4.66. The number of carbonyl (C=O) groups excluding carboxylic acids is 1. The fourth-order valence-electron chi connectivity index (χ4n) is 2.44. The molecule has 0 unspecified atom stereocenters. The fraction of sp³-hybridized carbons (Fsp3) is 0.615. The molecule has 4 nitrogen and oxygen atoms in total. The maximum absolute atomic E-state index is 11.9. The zero-order chi connectivity index (χ0) is 13.0. The van der Waals surface area contributed by atoms with Crippen molar-refractivity contribution in [2.24, 2.45) is 0 Å². The van der Waals surface area contributed by atoms with E-state index in [4.69, 9.17) is 11.6 Å². The number of halogens is 1. The van der Waals surface area contributed by atoms with E-state index >= 15 is 0 Å². The lowest BCUT2D eigenvalue weighted by Crippen LogP contribution is -2.42. The zero-order valence-electron chi connectivity index (χ0n) is 10.7. The van der Waals surface area contributed by atoms with Gasteiger partial charge in [0, 0.05) is 18.8 Å². The largest absolute Gasteiger partial charge is 0.356 e. The number of H-pyrrole nitrogens is 1. The van der Waals surface area contributed by atoms with E-state index in [0.717, 1.165) is 19.5 Å². The van der Waals surface area contributed by atoms with Gasteiger partial charge in [0.05, 0.1) is 5.02 Å². The average molecular weight is 270 g/mol. The topological polar surface area (TPSA) is 48.1 Å². The Hall–Kier alpha value is -1.00. The number of carbonyl (C=O) groups is 1. The molecule has 18 heavy (non-hydrogen) atoms. The highest BCUT2D eigenvalue weighted by Gasteiger charge is 2.21. The molecule has 1 fully saturated rings. The van der Waals surface area contributed by atoms with Gasteiger partial charge in [-0.2, -0.15) is 0 Å². The summed E-state index contributed by atoms with van der Waals surface area (Å²) in [7, 11) is 0. The summed E-state index contributed by atoms with van der Waals surface area (Å²) in [6.45, 7) is 5.18. The van der Waals surface area contributed by atoms with Crippen molar-refractivity contribution in [3.05, 3.63) is 23.0 Å². The summed E-state index contributed by atoms with van der Waals surface area (Å²) >= 11 is 5.78. The van der Waals surface area contributed by atoms with Crippen molar-refractivity contribution in [3.63, 3.8) is 0 Å². The molecule has 2 rings (SSSR count). The van der Waals surface area contributed by atoms with Crippen LogP contribution in [0.15, 0.2) is 12.3 Å². The minimum atomic E-state index is -0.0838. The molecular formula is C13H20ClN3O. The van der Waals surface area contributed by atoms with Crippen LogP contribution in [0.25, 0.3) is 0 Å². The summed E-state index contributed by atoms with van der Waals surface area (Å²) in [5.74, 6) is -0.0838. The SMILES string of the molecule is CC[C@H](CNC(=O)c1cc(Cl)c[nH]1)N1CCCC1. The molecule has 0 saturated carbocycles. The predicted molar refractivity (Wildman–Crippen MR) is 73.0 cm³/mol. The summed E-state index contributed by atoms with van der Waals surface area (Å²) in [4.78, 5) is 17.2. The molecule has 1 aromatic heterocycles. The summed E-state index contributed by atoms with van der Waals surface area (Å²) in [6.07, 6.45) is 5.23. The van der Waals surface area contributed by atoms with Gasteiger partial charge in [0.25, 0.3) is 5.91 Å². The van der Waals surface area contributed by atoms with Gasteiger partial charge in [-0.25, -0.2) is 0 Å². The molecule has 1 atom stereocenters. The third-order valence-corrected chi connectivity index (χ3v) is 3.74. The lowest BCUT2D eigenvalue weighted by molar-refractivity contribution is 0.0932. The van der Waals surface area contributed by atoms with Crippen molar-refractivity contribution in [1.29, 1.82) is 0 Å². The Morgan fingerprint density at radius 1 is 1.56 bits per heavy atom. The molecule has 2 N–H and O–H groups in total. The average Bonchev–Trinajstić information content (AvgIpc) is 3.01. The number of hydrogen-bond acceptors (Lipinski definition) is 2. The fourth-order valence-corrected chi connectivity index (χ4v) is 2.61. The van der Waals surface area contributed by atoms with E-state index in [1.54, 1.807) is 12.3 Å². The van der Waals surface area contributed by atoms with E-state index in [9.17, 15) is 4.79 Å². The van der Waals surface area contributed by atoms with Crippen LogP contribution in [0.1, 0.15) is 36.7 Å². The van der Waals surface area contributed by atoms with Crippen LogP contribution in [-0.2, 0) is 0 Å². The number of nitrogens with zero attached hydrogens (tertiary/aromatic N) is 1. The summed E-state index contributed by atoms with van der Waals surface area (Å²) in [6, 6.07) is 2.09. The minimum Gasteiger partial charge on any atom is -0.356 e. The van der Waals surface area contributed by atoms with Crippen molar-refractivity contribution in [2.75, 3.05) is 19.6 Å². The van der Waals surface area contributed by atoms with Crippen LogP contribution in [0.3, 0.4) is 0 Å². The standard InChI is InChI=1S/C13H20ClN3O/c1-2-11(17-5-3-4-6-17)9-16-13(18)12-7-10(14)8-15-12/h7-8,11,15H,2-6,9H2,1H3,(H,16,18)/t11-/m1/s1. The Morgan fingerprint density at radius 3 is 2.83 bits per heavy atom. The van der Waals surface area contributed by atoms with Crippen molar-refractivity contribution >= 4 is 17.5 Å². The summed E-state index contributed by atoms with van der Waals surface area (Å²) in [5, 5.41) is 3.53. The minimum absolute atomic E-state index is 0.0838. The highest BCUT2D eigenvalue weighted by molar-refractivity contribution is 6.30. The quantitative estimate of drug-likeness (QED) is 0.862. The van der Waals surface area contributed by atoms with Crippen LogP contribution in [0.4, 0.5) is 0 Å². The van der Waals surface area contributed by atoms with E-state index in [1.165, 1.54) is 12.8 Å². The van der Waals surface area contributed by atoms with E-state index in [2.05, 4.69) is 22.1 Å². The van der Waals surface area contributed by atoms with Crippen LogP contribution in [0.5, 0.6) is 0 Å². The van der Waals surface area contributed by atoms with Gasteiger partial charge in [-0.15, -0.1) is 0 Å². The van der Waals surface area contributed by atoms with Crippen LogP contribution in [0, 0.1) is 0 Å². The molecular weight excluding hydrogens is 250 g/mol. The van der Waals surface area contributed by atoms with Gasteiger partial charge in [-0.1, -0.05) is 18.5 Å². The normalized spacial score (nSPS) is 17.9. The van der Waals surface area contributed by atoms with Gasteiger partial charge in [0.2, 0.25) is 0 Å². The van der Waals surface area contributed by atoms with Gasteiger partial charge >= 0.3 is 0 Å². The maximum Gasteiger partial charge on any atom is 0.267 e. The van der Waals surface area contributed by atoms with Gasteiger partial charge in [-0.05, 0) is 38.4 Å². The first-order chi connectivity index (χ1) is 8.70. The Morgan fingerprint density at radius 2 is 2.28 bits per heavy atom. The van der Waals surface area contributed by atoms with Crippen LogP contribution >= 0.6 is 11.6 Å². The number of nitrogens with one attached hydrogen (secondary N) is 2. The Balaban J connectivity index is 1.84. The van der Waals surface area contributed by atoms with Gasteiger partial charge in [-0.3, -0.25) is 9.69 Å². The van der Waals surface area contributed by atoms with Gasteiger partial charge in [0.15, 0.2) is 0 Å². The van der Waals surface area contributed by atoms with Crippen LogP contribution in [0.2, 0.25) is 5.02 Å². The number of rotatable bonds is 5. The molecule has 2 heterocycles. The number of hydrogen-bond donors (Lipinski definition) is 2. The molecule has 1 saturated heterocycles. The summed E-state index contributed by atoms with van der Waals surface area (Å²) in [5.41, 5.74) is 0.524. The molecule has 0 bridgehead atoms. The van der Waals surface area contributed by atoms with Crippen molar-refractivity contribution in [1.82, 2.24) is 15.2 Å². The summed E-state index contributed by atoms with van der Waals surface area (Å²) < 4.78 is 0. The van der Waals surface area contributed by atoms with Gasteiger partial charge in [0.1, 0.15) is 5.69 Å². The highest BCUT2D eigenvalue weighted by atomic mass is 35.5. The van der Waals surface area contributed by atoms with Crippen molar-refractivity contribution in [2.45, 2.75) is 32.2 Å². The lowest BCUT2D eigenvalue weighted by atomic mass is 10.2. The van der Waals surface area contributed by atoms with E-state index in [1.807, 2.05) is 0 Å². The number of amides is 1. The van der Waals surface area contributed by atoms with Crippen LogP contribution in [-0.4, -0.2) is 41.5 Å².